The first kappa shape index (κ1) is 23.7. The van der Waals surface area contributed by atoms with Crippen LogP contribution < -0.4 is 10.6 Å². The molecule has 1 aliphatic rings. The van der Waals surface area contributed by atoms with E-state index < -0.39 is 58.7 Å². The van der Waals surface area contributed by atoms with Crippen molar-refractivity contribution in [2.45, 2.75) is 30.9 Å². The zero-order valence-electron chi connectivity index (χ0n) is 16.1. The summed E-state index contributed by atoms with van der Waals surface area (Å²) in [4.78, 5) is 13.3. The number of fused-ring (bicyclic) bond motifs is 1. The number of hydrogen-bond donors (Lipinski definition) is 2. The zero-order valence-corrected chi connectivity index (χ0v) is 18.4. The lowest BCUT2D eigenvalue weighted by molar-refractivity contribution is -0.173. The minimum Gasteiger partial charge on any atom is -0.361 e. The molecule has 2 aromatic heterocycles. The Morgan fingerprint density at radius 3 is 2.52 bits per heavy atom. The number of nitrogens with zero attached hydrogens (tertiary/aromatic N) is 2. The van der Waals surface area contributed by atoms with Crippen molar-refractivity contribution in [2.75, 3.05) is 10.6 Å². The van der Waals surface area contributed by atoms with Gasteiger partial charge in [0.1, 0.15) is 10.8 Å². The van der Waals surface area contributed by atoms with E-state index in [2.05, 4.69) is 15.7 Å². The predicted molar refractivity (Wildman–Crippen MR) is 112 cm³/mol. The SMILES string of the molecule is O=C(Nc1cc(C(F)(F)F)ccc1Cl)c1nn2c(c1Cl)N[C@H](c1cccs1)C[C@H]2C(F)(F)F. The second-order valence-corrected chi connectivity index (χ2v) is 8.87. The van der Waals surface area contributed by atoms with Crippen LogP contribution in [0.4, 0.5) is 37.8 Å². The number of benzene rings is 1. The summed E-state index contributed by atoms with van der Waals surface area (Å²) in [6, 6.07) is 2.82. The van der Waals surface area contributed by atoms with E-state index in [0.717, 1.165) is 12.1 Å². The first-order valence-corrected chi connectivity index (χ1v) is 10.8. The number of hydrogen-bond acceptors (Lipinski definition) is 4. The Kier molecular flexibility index (Phi) is 6.04. The summed E-state index contributed by atoms with van der Waals surface area (Å²) < 4.78 is 80.9. The van der Waals surface area contributed by atoms with Gasteiger partial charge in [0.05, 0.1) is 22.3 Å². The first-order chi connectivity index (χ1) is 15.4. The van der Waals surface area contributed by atoms with Crippen LogP contribution in [0, 0.1) is 0 Å². The molecule has 176 valence electrons. The Labute approximate surface area is 196 Å². The molecule has 0 fully saturated rings. The van der Waals surface area contributed by atoms with Crippen LogP contribution in [0.25, 0.3) is 0 Å². The van der Waals surface area contributed by atoms with Crippen LogP contribution in [0.2, 0.25) is 10.0 Å². The summed E-state index contributed by atoms with van der Waals surface area (Å²) in [7, 11) is 0. The molecule has 3 heterocycles. The fourth-order valence-electron chi connectivity index (χ4n) is 3.39. The van der Waals surface area contributed by atoms with Crippen LogP contribution in [-0.2, 0) is 6.18 Å². The minimum atomic E-state index is -4.70. The molecule has 0 saturated carbocycles. The Bertz CT molecular complexity index is 1190. The third kappa shape index (κ3) is 4.64. The van der Waals surface area contributed by atoms with Gasteiger partial charge in [0.2, 0.25) is 0 Å². The van der Waals surface area contributed by atoms with Crippen molar-refractivity contribution >= 4 is 52.0 Å². The van der Waals surface area contributed by atoms with E-state index >= 15 is 0 Å². The number of rotatable bonds is 3. The lowest BCUT2D eigenvalue weighted by Gasteiger charge is -2.32. The van der Waals surface area contributed by atoms with E-state index in [4.69, 9.17) is 23.2 Å². The summed E-state index contributed by atoms with van der Waals surface area (Å²) in [6.07, 6.45) is -9.79. The lowest BCUT2D eigenvalue weighted by Crippen LogP contribution is -2.35. The molecule has 3 aromatic rings. The van der Waals surface area contributed by atoms with E-state index in [-0.39, 0.29) is 10.8 Å². The van der Waals surface area contributed by atoms with Crippen LogP contribution in [0.15, 0.2) is 35.7 Å². The maximum absolute atomic E-state index is 13.8. The van der Waals surface area contributed by atoms with Gasteiger partial charge in [-0.25, -0.2) is 4.68 Å². The highest BCUT2D eigenvalue weighted by Gasteiger charge is 2.48. The predicted octanol–water partition coefficient (Wildman–Crippen LogP) is 7.18. The third-order valence-electron chi connectivity index (χ3n) is 4.94. The quantitative estimate of drug-likeness (QED) is 0.354. The fourth-order valence-corrected chi connectivity index (χ4v) is 4.61. The summed E-state index contributed by atoms with van der Waals surface area (Å²) in [5, 5.41) is 9.86. The molecular weight excluding hydrogens is 517 g/mol. The van der Waals surface area contributed by atoms with E-state index in [9.17, 15) is 31.1 Å². The van der Waals surface area contributed by atoms with Gasteiger partial charge < -0.3 is 10.6 Å². The zero-order chi connectivity index (χ0) is 24.1. The number of carbonyl (C=O) groups excluding carboxylic acids is 1. The molecule has 0 aliphatic carbocycles. The molecule has 0 bridgehead atoms. The number of halogens is 8. The van der Waals surface area contributed by atoms with Gasteiger partial charge in [-0.15, -0.1) is 11.3 Å². The van der Waals surface area contributed by atoms with Gasteiger partial charge >= 0.3 is 12.4 Å². The molecule has 5 nitrogen and oxygen atoms in total. The molecule has 33 heavy (non-hydrogen) atoms. The summed E-state index contributed by atoms with van der Waals surface area (Å²) in [5.74, 6) is -1.33. The summed E-state index contributed by atoms with van der Waals surface area (Å²) in [5.41, 5.74) is -2.06. The van der Waals surface area contributed by atoms with Gasteiger partial charge in [-0.1, -0.05) is 29.3 Å². The van der Waals surface area contributed by atoms with Crippen molar-refractivity contribution in [3.8, 4) is 0 Å². The summed E-state index contributed by atoms with van der Waals surface area (Å²) >= 11 is 13.3. The van der Waals surface area contributed by atoms with E-state index in [1.165, 1.54) is 11.3 Å². The van der Waals surface area contributed by atoms with Crippen molar-refractivity contribution in [3.05, 3.63) is 61.9 Å². The number of aromatic nitrogens is 2. The van der Waals surface area contributed by atoms with Crippen molar-refractivity contribution in [2.24, 2.45) is 0 Å². The monoisotopic (exact) mass is 528 g/mol. The minimum absolute atomic E-state index is 0.208. The van der Waals surface area contributed by atoms with Crippen LogP contribution in [0.1, 0.15) is 39.4 Å². The molecule has 14 heteroatoms. The van der Waals surface area contributed by atoms with Crippen molar-refractivity contribution < 1.29 is 31.1 Å². The van der Waals surface area contributed by atoms with Gasteiger partial charge in [-0.05, 0) is 29.6 Å². The number of amides is 1. The Morgan fingerprint density at radius 1 is 1.18 bits per heavy atom. The van der Waals surface area contributed by atoms with Gasteiger partial charge in [0.15, 0.2) is 11.7 Å². The van der Waals surface area contributed by atoms with Crippen LogP contribution >= 0.6 is 34.5 Å². The second kappa shape index (κ2) is 8.41. The largest absolute Gasteiger partial charge is 0.416 e. The Morgan fingerprint density at radius 2 is 1.91 bits per heavy atom. The number of carbonyl (C=O) groups is 1. The average molecular weight is 529 g/mol. The molecule has 1 amide bonds. The Balaban J connectivity index is 1.69. The number of anilines is 2. The highest BCUT2D eigenvalue weighted by Crippen LogP contribution is 2.47. The first-order valence-electron chi connectivity index (χ1n) is 9.19. The maximum Gasteiger partial charge on any atom is 0.416 e. The Hall–Kier alpha value is -2.44. The fraction of sp³-hybridized carbons (Fsp3) is 0.263. The van der Waals surface area contributed by atoms with E-state index in [1.54, 1.807) is 17.5 Å². The normalized spacial score (nSPS) is 18.5. The van der Waals surface area contributed by atoms with E-state index in [0.29, 0.717) is 15.6 Å². The summed E-state index contributed by atoms with van der Waals surface area (Å²) in [6.45, 7) is 0. The van der Waals surface area contributed by atoms with E-state index in [1.807, 2.05) is 0 Å². The third-order valence-corrected chi connectivity index (χ3v) is 6.61. The molecule has 0 saturated heterocycles. The van der Waals surface area contributed by atoms with Crippen molar-refractivity contribution in [3.63, 3.8) is 0 Å². The number of thiophene rings is 1. The molecule has 0 unspecified atom stereocenters. The molecule has 4 rings (SSSR count). The molecule has 0 radical (unpaired) electrons. The topological polar surface area (TPSA) is 59.0 Å². The molecule has 0 spiro atoms. The molecule has 2 atom stereocenters. The van der Waals surface area contributed by atoms with Crippen LogP contribution in [0.5, 0.6) is 0 Å². The second-order valence-electron chi connectivity index (χ2n) is 7.11. The maximum atomic E-state index is 13.8. The average Bonchev–Trinajstić information content (AvgIpc) is 3.36. The highest BCUT2D eigenvalue weighted by molar-refractivity contribution is 7.10. The number of alkyl halides is 6. The number of nitrogens with one attached hydrogen (secondary N) is 2. The molecule has 2 N–H and O–H groups in total. The van der Waals surface area contributed by atoms with Gasteiger partial charge in [0.25, 0.3) is 5.91 Å². The van der Waals surface area contributed by atoms with Gasteiger partial charge in [0, 0.05) is 11.3 Å². The smallest absolute Gasteiger partial charge is 0.361 e. The van der Waals surface area contributed by atoms with Crippen molar-refractivity contribution in [1.82, 2.24) is 9.78 Å². The lowest BCUT2D eigenvalue weighted by atomic mass is 10.0. The van der Waals surface area contributed by atoms with Crippen molar-refractivity contribution in [1.29, 1.82) is 0 Å². The standard InChI is InChI=1S/C19H12Cl2F6N4OS/c20-9-4-3-8(18(22,23)24)6-10(9)29-17(32)15-14(21)16-28-11(12-2-1-5-33-12)7-13(19(25,26)27)31(16)30-15/h1-6,11,13,28H,7H2,(H,29,32)/t11-,13-/m0/s1. The molecule has 1 aromatic carbocycles. The van der Waals surface area contributed by atoms with Gasteiger partial charge in [-0.2, -0.15) is 31.4 Å². The highest BCUT2D eigenvalue weighted by atomic mass is 35.5. The van der Waals surface area contributed by atoms with Crippen LogP contribution in [-0.4, -0.2) is 21.9 Å². The van der Waals surface area contributed by atoms with Crippen LogP contribution in [0.3, 0.4) is 0 Å². The van der Waals surface area contributed by atoms with Gasteiger partial charge in [-0.3, -0.25) is 4.79 Å². The molecular formula is C19H12Cl2F6N4OS. The molecule has 1 aliphatic heterocycles.